The lowest BCUT2D eigenvalue weighted by molar-refractivity contribution is -0.308. The van der Waals surface area contributed by atoms with Crippen LogP contribution in [0.15, 0.2) is 18.2 Å². The van der Waals surface area contributed by atoms with Gasteiger partial charge < -0.3 is 24.8 Å². The number of halogens is 7. The van der Waals surface area contributed by atoms with Crippen LogP contribution < -0.4 is 10.2 Å². The van der Waals surface area contributed by atoms with Crippen LogP contribution in [0.25, 0.3) is 0 Å². The van der Waals surface area contributed by atoms with E-state index >= 15 is 0 Å². The molecule has 3 aliphatic heterocycles. The van der Waals surface area contributed by atoms with Crippen LogP contribution in [0, 0.1) is 0 Å². The molecule has 0 unspecified atom stereocenters. The number of piperazine rings is 2. The van der Waals surface area contributed by atoms with E-state index in [4.69, 9.17) is 11.6 Å². The minimum absolute atomic E-state index is 0.0719. The van der Waals surface area contributed by atoms with Crippen LogP contribution in [0.3, 0.4) is 0 Å². The summed E-state index contributed by atoms with van der Waals surface area (Å²) in [5, 5.41) is 3.61. The summed E-state index contributed by atoms with van der Waals surface area (Å²) >= 11 is 6.27. The predicted molar refractivity (Wildman–Crippen MR) is 126 cm³/mol. The van der Waals surface area contributed by atoms with Crippen molar-refractivity contribution < 1.29 is 40.7 Å². The van der Waals surface area contributed by atoms with Gasteiger partial charge in [0.15, 0.2) is 0 Å². The fourth-order valence-corrected chi connectivity index (χ4v) is 5.18. The van der Waals surface area contributed by atoms with Gasteiger partial charge in [0.25, 0.3) is 6.10 Å². The van der Waals surface area contributed by atoms with Crippen molar-refractivity contribution in [2.45, 2.75) is 37.5 Å². The van der Waals surface area contributed by atoms with Crippen molar-refractivity contribution in [3.63, 3.8) is 0 Å². The highest BCUT2D eigenvalue weighted by Crippen LogP contribution is 2.36. The van der Waals surface area contributed by atoms with Crippen molar-refractivity contribution in [1.82, 2.24) is 20.0 Å². The minimum atomic E-state index is -5.76. The zero-order valence-corrected chi connectivity index (χ0v) is 21.1. The number of rotatable bonds is 5. The zero-order chi connectivity index (χ0) is 27.7. The first-order valence-corrected chi connectivity index (χ1v) is 12.6. The summed E-state index contributed by atoms with van der Waals surface area (Å²) in [6, 6.07) is 5.55. The van der Waals surface area contributed by atoms with Gasteiger partial charge in [0.1, 0.15) is 0 Å². The van der Waals surface area contributed by atoms with E-state index in [0.717, 1.165) is 35.7 Å². The van der Waals surface area contributed by atoms with Gasteiger partial charge >= 0.3 is 18.4 Å². The highest BCUT2D eigenvalue weighted by molar-refractivity contribution is 6.30. The third-order valence-electron chi connectivity index (χ3n) is 6.96. The molecule has 1 aromatic carbocycles. The Bertz CT molecular complexity index is 1000. The largest absolute Gasteiger partial charge is 0.434 e. The first kappa shape index (κ1) is 28.6. The molecule has 0 spiro atoms. The van der Waals surface area contributed by atoms with Crippen molar-refractivity contribution >= 4 is 29.3 Å². The number of amides is 2. The molecule has 0 radical (unpaired) electrons. The van der Waals surface area contributed by atoms with E-state index in [1.807, 2.05) is 21.9 Å². The van der Waals surface area contributed by atoms with E-state index in [9.17, 15) is 35.9 Å². The van der Waals surface area contributed by atoms with E-state index in [1.54, 1.807) is 6.07 Å². The third kappa shape index (κ3) is 6.75. The molecule has 0 saturated carbocycles. The smallest absolute Gasteiger partial charge is 0.426 e. The second-order valence-corrected chi connectivity index (χ2v) is 9.97. The number of ether oxygens (including phenoxy) is 1. The molecule has 8 nitrogen and oxygen atoms in total. The highest BCUT2D eigenvalue weighted by atomic mass is 35.5. The quantitative estimate of drug-likeness (QED) is 0.548. The Morgan fingerprint density at radius 2 is 1.74 bits per heavy atom. The van der Waals surface area contributed by atoms with Crippen LogP contribution >= 0.6 is 11.6 Å². The van der Waals surface area contributed by atoms with Crippen LogP contribution in [0.2, 0.25) is 5.02 Å². The molecule has 2 amide bonds. The number of nitrogens with zero attached hydrogens (tertiary/aromatic N) is 4. The Kier molecular flexibility index (Phi) is 8.52. The van der Waals surface area contributed by atoms with Gasteiger partial charge in [0.2, 0.25) is 5.91 Å². The van der Waals surface area contributed by atoms with Crippen molar-refractivity contribution in [2.24, 2.45) is 0 Å². The average Bonchev–Trinajstić information content (AvgIpc) is 3.32. The molecule has 0 aromatic heterocycles. The standard InChI is InChI=1S/C23H28ClF6N5O3/c24-16-2-1-15(18(11-16)34-5-3-17(14-34)35-6-4-31-12-19(35)36)13-32-7-9-33(10-8-32)21(37)38-20(22(25,26)27)23(28,29)30/h1-2,11,17,20,31H,3-10,12-14H2/t17-/m1/s1. The molecule has 3 heterocycles. The van der Waals surface area contributed by atoms with E-state index in [2.05, 4.69) is 15.0 Å². The number of hydrogen-bond donors (Lipinski definition) is 1. The van der Waals surface area contributed by atoms with Crippen LogP contribution in [0.5, 0.6) is 0 Å². The number of hydrogen-bond acceptors (Lipinski definition) is 6. The molecule has 1 N–H and O–H groups in total. The average molecular weight is 572 g/mol. The highest BCUT2D eigenvalue weighted by Gasteiger charge is 2.60. The second kappa shape index (κ2) is 11.3. The number of alkyl halides is 6. The van der Waals surface area contributed by atoms with Crippen molar-refractivity contribution in [2.75, 3.05) is 63.8 Å². The first-order chi connectivity index (χ1) is 17.8. The molecule has 4 rings (SSSR count). The Hall–Kier alpha value is -2.45. The topological polar surface area (TPSA) is 68.4 Å². The summed E-state index contributed by atoms with van der Waals surface area (Å²) in [6.45, 7) is 3.85. The van der Waals surface area contributed by atoms with Crippen LogP contribution in [0.4, 0.5) is 36.8 Å². The maximum atomic E-state index is 12.7. The van der Waals surface area contributed by atoms with Crippen molar-refractivity contribution in [3.8, 4) is 0 Å². The monoisotopic (exact) mass is 571 g/mol. The third-order valence-corrected chi connectivity index (χ3v) is 7.19. The molecule has 3 saturated heterocycles. The van der Waals surface area contributed by atoms with Gasteiger partial charge in [-0.2, -0.15) is 26.3 Å². The van der Waals surface area contributed by atoms with Crippen LogP contribution in [-0.2, 0) is 16.1 Å². The molecule has 212 valence electrons. The van der Waals surface area contributed by atoms with Crippen molar-refractivity contribution in [1.29, 1.82) is 0 Å². The molecule has 1 atom stereocenters. The van der Waals surface area contributed by atoms with Crippen molar-refractivity contribution in [3.05, 3.63) is 28.8 Å². The fourth-order valence-electron chi connectivity index (χ4n) is 5.01. The lowest BCUT2D eigenvalue weighted by atomic mass is 10.1. The summed E-state index contributed by atoms with van der Waals surface area (Å²) < 4.78 is 80.2. The van der Waals surface area contributed by atoms with E-state index in [0.29, 0.717) is 31.2 Å². The van der Waals surface area contributed by atoms with Gasteiger partial charge in [-0.05, 0) is 24.1 Å². The zero-order valence-electron chi connectivity index (χ0n) is 20.3. The fraction of sp³-hybridized carbons (Fsp3) is 0.652. The maximum absolute atomic E-state index is 12.7. The summed E-state index contributed by atoms with van der Waals surface area (Å²) in [6.07, 6.45) is -16.5. The minimum Gasteiger partial charge on any atom is -0.426 e. The summed E-state index contributed by atoms with van der Waals surface area (Å²) in [5.41, 5.74) is 1.84. The van der Waals surface area contributed by atoms with Gasteiger partial charge in [-0.25, -0.2) is 4.79 Å². The van der Waals surface area contributed by atoms with Gasteiger partial charge in [0, 0.05) is 69.6 Å². The van der Waals surface area contributed by atoms with E-state index in [-0.39, 0.29) is 38.1 Å². The molecule has 3 aliphatic rings. The van der Waals surface area contributed by atoms with Crippen LogP contribution in [0.1, 0.15) is 12.0 Å². The van der Waals surface area contributed by atoms with E-state index < -0.39 is 24.5 Å². The number of anilines is 1. The SMILES string of the molecule is O=C(OC(C(F)(F)F)C(F)(F)F)N1CCN(Cc2ccc(Cl)cc2N2CC[C@@H](N3CCNCC3=O)C2)CC1. The first-order valence-electron chi connectivity index (χ1n) is 12.2. The second-order valence-electron chi connectivity index (χ2n) is 9.54. The van der Waals surface area contributed by atoms with E-state index in [1.165, 1.54) is 0 Å². The normalized spacial score (nSPS) is 21.9. The lowest BCUT2D eigenvalue weighted by Crippen LogP contribution is -2.53. The van der Waals surface area contributed by atoms with Gasteiger partial charge in [-0.15, -0.1) is 0 Å². The molecule has 15 heteroatoms. The molecule has 1 aromatic rings. The molecular weight excluding hydrogens is 544 g/mol. The summed E-state index contributed by atoms with van der Waals surface area (Å²) in [5.74, 6) is 0.0719. The number of nitrogens with one attached hydrogen (secondary N) is 1. The van der Waals surface area contributed by atoms with Gasteiger partial charge in [-0.1, -0.05) is 17.7 Å². The van der Waals surface area contributed by atoms with Gasteiger partial charge in [-0.3, -0.25) is 9.69 Å². The van der Waals surface area contributed by atoms with Crippen LogP contribution in [-0.4, -0.2) is 110 Å². The maximum Gasteiger partial charge on any atom is 0.434 e. The summed E-state index contributed by atoms with van der Waals surface area (Å²) in [4.78, 5) is 31.2. The molecule has 0 bridgehead atoms. The van der Waals surface area contributed by atoms with Gasteiger partial charge in [0.05, 0.1) is 12.6 Å². The Labute approximate surface area is 220 Å². The Morgan fingerprint density at radius 1 is 1.05 bits per heavy atom. The molecular formula is C23H28ClF6N5O3. The molecule has 0 aliphatic carbocycles. The molecule has 38 heavy (non-hydrogen) atoms. The number of carbonyl (C=O) groups excluding carboxylic acids is 2. The Balaban J connectivity index is 1.35. The Morgan fingerprint density at radius 3 is 2.37 bits per heavy atom. The lowest BCUT2D eigenvalue weighted by Gasteiger charge is -2.36. The summed E-state index contributed by atoms with van der Waals surface area (Å²) in [7, 11) is 0. The number of benzene rings is 1. The number of carbonyl (C=O) groups is 2. The predicted octanol–water partition coefficient (Wildman–Crippen LogP) is 3.10. The molecule has 3 fully saturated rings.